The highest BCUT2D eigenvalue weighted by molar-refractivity contribution is 5.91. The second-order valence-corrected chi connectivity index (χ2v) is 9.55. The molecule has 9 heteroatoms. The second-order valence-electron chi connectivity index (χ2n) is 9.55. The van der Waals surface area contributed by atoms with E-state index < -0.39 is 6.10 Å². The van der Waals surface area contributed by atoms with E-state index in [1.165, 1.54) is 12.5 Å². The zero-order chi connectivity index (χ0) is 25.9. The summed E-state index contributed by atoms with van der Waals surface area (Å²) >= 11 is 0. The van der Waals surface area contributed by atoms with Gasteiger partial charge in [-0.1, -0.05) is 30.3 Å². The molecular formula is C27H35N5O4. The third-order valence-electron chi connectivity index (χ3n) is 7.14. The molecule has 2 heterocycles. The number of likely N-dealkylation sites (tertiary alicyclic amines) is 1. The number of anilines is 2. The Kier molecular flexibility index (Phi) is 7.61. The number of aliphatic hydroxyl groups excluding tert-OH is 1. The van der Waals surface area contributed by atoms with Crippen LogP contribution < -0.4 is 20.1 Å². The van der Waals surface area contributed by atoms with Crippen LogP contribution in [-0.2, 0) is 10.2 Å². The van der Waals surface area contributed by atoms with E-state index in [-0.39, 0.29) is 17.7 Å². The van der Waals surface area contributed by atoms with E-state index in [4.69, 9.17) is 20.2 Å². The molecule has 9 nitrogen and oxygen atoms in total. The van der Waals surface area contributed by atoms with Gasteiger partial charge in [-0.15, -0.1) is 0 Å². The number of nitrogen functional groups attached to an aromatic ring is 1. The number of Topliss-reactive ketones (excluding diaryl/α,β-unsaturated/α-hetero) is 1. The van der Waals surface area contributed by atoms with Crippen molar-refractivity contribution < 1.29 is 19.4 Å². The molecule has 36 heavy (non-hydrogen) atoms. The average molecular weight is 494 g/mol. The Morgan fingerprint density at radius 3 is 2.39 bits per heavy atom. The highest BCUT2D eigenvalue weighted by Crippen LogP contribution is 2.38. The number of ketones is 1. The van der Waals surface area contributed by atoms with Crippen molar-refractivity contribution in [1.29, 1.82) is 0 Å². The summed E-state index contributed by atoms with van der Waals surface area (Å²) in [7, 11) is 5.15. The largest absolute Gasteiger partial charge is 0.493 e. The van der Waals surface area contributed by atoms with Crippen molar-refractivity contribution in [2.75, 3.05) is 58.1 Å². The predicted octanol–water partition coefficient (Wildman–Crippen LogP) is 2.65. The second kappa shape index (κ2) is 10.7. The number of aliphatic hydroxyl groups is 1. The van der Waals surface area contributed by atoms with Crippen LogP contribution in [0.5, 0.6) is 11.5 Å². The fraction of sp³-hybridized carbons (Fsp3) is 0.444. The van der Waals surface area contributed by atoms with Crippen LogP contribution in [0, 0.1) is 0 Å². The van der Waals surface area contributed by atoms with Gasteiger partial charge >= 0.3 is 0 Å². The lowest BCUT2D eigenvalue weighted by Crippen LogP contribution is -2.50. The van der Waals surface area contributed by atoms with Crippen molar-refractivity contribution in [2.45, 2.75) is 31.3 Å². The number of ether oxygens (including phenoxy) is 2. The summed E-state index contributed by atoms with van der Waals surface area (Å²) in [6.07, 6.45) is 0.788. The van der Waals surface area contributed by atoms with E-state index in [2.05, 4.69) is 39.0 Å². The number of nitrogens with two attached hydrogens (primary N) is 1. The van der Waals surface area contributed by atoms with Crippen molar-refractivity contribution in [1.82, 2.24) is 14.9 Å². The first-order valence-corrected chi connectivity index (χ1v) is 12.2. The van der Waals surface area contributed by atoms with E-state index in [0.29, 0.717) is 40.7 Å². The number of fused-ring (bicyclic) bond motifs is 1. The summed E-state index contributed by atoms with van der Waals surface area (Å²) in [5, 5.41) is 10.3. The number of nitrogens with zero attached hydrogens (tertiary/aromatic N) is 4. The van der Waals surface area contributed by atoms with Gasteiger partial charge in [0.05, 0.1) is 26.3 Å². The third-order valence-corrected chi connectivity index (χ3v) is 7.14. The molecule has 1 atom stereocenters. The predicted molar refractivity (Wildman–Crippen MR) is 141 cm³/mol. The number of likely N-dealkylation sites (N-methyl/N-ethyl adjacent to an activating group) is 1. The number of rotatable bonds is 9. The van der Waals surface area contributed by atoms with Gasteiger partial charge in [0.1, 0.15) is 11.9 Å². The van der Waals surface area contributed by atoms with Gasteiger partial charge in [0.2, 0.25) is 5.95 Å². The lowest BCUT2D eigenvalue weighted by Gasteiger charge is -2.44. The van der Waals surface area contributed by atoms with E-state index in [0.717, 1.165) is 25.9 Å². The quantitative estimate of drug-likeness (QED) is 0.464. The molecule has 4 rings (SSSR count). The minimum Gasteiger partial charge on any atom is -0.493 e. The first-order chi connectivity index (χ1) is 17.3. The number of hydrogen-bond acceptors (Lipinski definition) is 9. The number of carbonyl (C=O) groups is 1. The van der Waals surface area contributed by atoms with E-state index in [9.17, 15) is 9.90 Å². The monoisotopic (exact) mass is 493 g/mol. The molecule has 3 N–H and O–H groups in total. The Bertz CT molecular complexity index is 1210. The first-order valence-electron chi connectivity index (χ1n) is 12.2. The van der Waals surface area contributed by atoms with Crippen LogP contribution in [-0.4, -0.2) is 79.3 Å². The van der Waals surface area contributed by atoms with E-state index >= 15 is 0 Å². The number of methoxy groups -OCH3 is 2. The van der Waals surface area contributed by atoms with Gasteiger partial charge in [0.25, 0.3) is 0 Å². The van der Waals surface area contributed by atoms with Crippen molar-refractivity contribution in [3.63, 3.8) is 0 Å². The summed E-state index contributed by atoms with van der Waals surface area (Å²) in [4.78, 5) is 25.7. The molecular weight excluding hydrogens is 458 g/mol. The van der Waals surface area contributed by atoms with Crippen LogP contribution in [0.2, 0.25) is 0 Å². The molecule has 0 unspecified atom stereocenters. The highest BCUT2D eigenvalue weighted by Gasteiger charge is 2.38. The lowest BCUT2D eigenvalue weighted by molar-refractivity contribution is -0.127. The number of piperidine rings is 1. The summed E-state index contributed by atoms with van der Waals surface area (Å²) in [5.74, 6) is 1.92. The fourth-order valence-electron chi connectivity index (χ4n) is 4.98. The summed E-state index contributed by atoms with van der Waals surface area (Å²) in [6.45, 7) is 4.01. The summed E-state index contributed by atoms with van der Waals surface area (Å²) < 4.78 is 10.8. The molecule has 192 valence electrons. The lowest BCUT2D eigenvalue weighted by atomic mass is 9.72. The van der Waals surface area contributed by atoms with E-state index in [1.807, 2.05) is 19.2 Å². The Morgan fingerprint density at radius 2 is 1.78 bits per heavy atom. The van der Waals surface area contributed by atoms with Crippen molar-refractivity contribution in [3.8, 4) is 11.5 Å². The van der Waals surface area contributed by atoms with Gasteiger partial charge in [-0.2, -0.15) is 4.98 Å². The maximum atomic E-state index is 12.1. The Balaban J connectivity index is 1.62. The molecule has 2 aromatic carbocycles. The van der Waals surface area contributed by atoms with Gasteiger partial charge in [0, 0.05) is 30.5 Å². The third kappa shape index (κ3) is 5.22. The van der Waals surface area contributed by atoms with Crippen molar-refractivity contribution in [2.24, 2.45) is 0 Å². The number of aromatic nitrogens is 2. The molecule has 0 aliphatic carbocycles. The number of benzene rings is 2. The van der Waals surface area contributed by atoms with Gasteiger partial charge in [-0.3, -0.25) is 9.69 Å². The van der Waals surface area contributed by atoms with Gasteiger partial charge < -0.3 is 25.2 Å². The molecule has 1 aliphatic rings. The van der Waals surface area contributed by atoms with Crippen LogP contribution in [0.15, 0.2) is 42.5 Å². The van der Waals surface area contributed by atoms with Crippen LogP contribution >= 0.6 is 0 Å². The number of carbonyl (C=O) groups excluding carboxylic acids is 1. The van der Waals surface area contributed by atoms with Crippen molar-refractivity contribution in [3.05, 3.63) is 48.0 Å². The normalized spacial score (nSPS) is 16.5. The zero-order valence-corrected chi connectivity index (χ0v) is 21.4. The molecule has 0 radical (unpaired) electrons. The first kappa shape index (κ1) is 25.7. The van der Waals surface area contributed by atoms with Crippen LogP contribution in [0.3, 0.4) is 0 Å². The summed E-state index contributed by atoms with van der Waals surface area (Å²) in [5.41, 5.74) is 8.13. The Hall–Kier alpha value is -3.43. The maximum absolute atomic E-state index is 12.1. The molecule has 1 aromatic heterocycles. The smallest absolute Gasteiger partial charge is 0.227 e. The van der Waals surface area contributed by atoms with Crippen LogP contribution in [0.25, 0.3) is 10.9 Å². The number of hydrogen-bond donors (Lipinski definition) is 2. The van der Waals surface area contributed by atoms with Gasteiger partial charge in [-0.25, -0.2) is 4.98 Å². The molecule has 1 aliphatic heterocycles. The average Bonchev–Trinajstić information content (AvgIpc) is 2.89. The highest BCUT2D eigenvalue weighted by atomic mass is 16.5. The van der Waals surface area contributed by atoms with Crippen LogP contribution in [0.1, 0.15) is 25.3 Å². The molecule has 1 saturated heterocycles. The fourth-order valence-corrected chi connectivity index (χ4v) is 4.98. The zero-order valence-electron chi connectivity index (χ0n) is 21.4. The van der Waals surface area contributed by atoms with Crippen molar-refractivity contribution >= 4 is 28.5 Å². The topological polar surface area (TPSA) is 114 Å². The standard InChI is InChI=1S/C27H35N5O4/c1-18(33)22(34)16-32-12-10-27(11-13-32,19-8-6-5-7-9-19)17-31(2)26-29-21-15-24(36-4)23(35-3)14-20(21)25(28)30-26/h5-9,14-15,18,33H,10-13,16-17H2,1-4H3,(H2,28,29,30)/t18-/m1/s1. The van der Waals surface area contributed by atoms with Gasteiger partial charge in [-0.05, 0) is 44.5 Å². The molecule has 3 aromatic rings. The van der Waals surface area contributed by atoms with Gasteiger partial charge in [0.15, 0.2) is 17.3 Å². The molecule has 0 bridgehead atoms. The minimum absolute atomic E-state index is 0.147. The van der Waals surface area contributed by atoms with Crippen LogP contribution in [0.4, 0.5) is 11.8 Å². The minimum atomic E-state index is -0.939. The summed E-state index contributed by atoms with van der Waals surface area (Å²) in [6, 6.07) is 14.1. The maximum Gasteiger partial charge on any atom is 0.227 e. The molecule has 1 fully saturated rings. The van der Waals surface area contributed by atoms with E-state index in [1.54, 1.807) is 20.3 Å². The Labute approximate surface area is 211 Å². The Morgan fingerprint density at radius 1 is 1.14 bits per heavy atom. The molecule has 0 saturated carbocycles. The molecule has 0 amide bonds. The SMILES string of the molecule is COc1cc2nc(N(C)CC3(c4ccccc4)CCN(CC(=O)[C@@H](C)O)CC3)nc(N)c2cc1OC. The molecule has 0 spiro atoms.